The molecule has 23 heavy (non-hydrogen) atoms. The van der Waals surface area contributed by atoms with Gasteiger partial charge in [-0.05, 0) is 11.6 Å². The summed E-state index contributed by atoms with van der Waals surface area (Å²) >= 11 is 0. The number of alkyl halides is 3. The molecule has 0 unspecified atom stereocenters. The molecule has 2 aromatic rings. The Morgan fingerprint density at radius 2 is 1.83 bits per heavy atom. The van der Waals surface area contributed by atoms with Crippen LogP contribution in [0, 0.1) is 0 Å². The number of amides is 1. The highest BCUT2D eigenvalue weighted by atomic mass is 19.4. The van der Waals surface area contributed by atoms with Gasteiger partial charge in [-0.3, -0.25) is 9.59 Å². The van der Waals surface area contributed by atoms with Crippen LogP contribution in [0.4, 0.5) is 13.2 Å². The standard InChI is InChI=1S/C16H15F3N2O2/c1-11(22)20-7-8-21-14(12-5-3-2-4-6-12)9-13(10-15(21)23)16(17,18)19/h2-6,9-10H,7-8H2,1H3,(H,20,22). The Morgan fingerprint density at radius 1 is 1.17 bits per heavy atom. The van der Waals surface area contributed by atoms with E-state index in [1.807, 2.05) is 0 Å². The second kappa shape index (κ2) is 6.68. The topological polar surface area (TPSA) is 51.1 Å². The number of hydrogen-bond acceptors (Lipinski definition) is 2. The fourth-order valence-corrected chi connectivity index (χ4v) is 2.18. The average molecular weight is 324 g/mol. The number of hydrogen-bond donors (Lipinski definition) is 1. The first-order valence-corrected chi connectivity index (χ1v) is 6.91. The van der Waals surface area contributed by atoms with Crippen molar-refractivity contribution < 1.29 is 18.0 Å². The van der Waals surface area contributed by atoms with E-state index >= 15 is 0 Å². The minimum atomic E-state index is -4.60. The quantitative estimate of drug-likeness (QED) is 0.940. The summed E-state index contributed by atoms with van der Waals surface area (Å²) in [7, 11) is 0. The average Bonchev–Trinajstić information content (AvgIpc) is 2.48. The van der Waals surface area contributed by atoms with Gasteiger partial charge >= 0.3 is 6.18 Å². The molecule has 1 aromatic heterocycles. The molecule has 0 aliphatic heterocycles. The normalized spacial score (nSPS) is 11.3. The maximum absolute atomic E-state index is 12.9. The first kappa shape index (κ1) is 16.8. The van der Waals surface area contributed by atoms with Gasteiger partial charge in [0.2, 0.25) is 5.91 Å². The lowest BCUT2D eigenvalue weighted by Crippen LogP contribution is -2.31. The fourth-order valence-electron chi connectivity index (χ4n) is 2.18. The van der Waals surface area contributed by atoms with E-state index < -0.39 is 17.3 Å². The van der Waals surface area contributed by atoms with Crippen LogP contribution in [0.2, 0.25) is 0 Å². The number of rotatable bonds is 4. The Bertz CT molecular complexity index is 752. The molecule has 2 rings (SSSR count). The molecule has 0 bridgehead atoms. The maximum Gasteiger partial charge on any atom is 0.416 e. The molecule has 4 nitrogen and oxygen atoms in total. The van der Waals surface area contributed by atoms with Crippen LogP contribution in [0.5, 0.6) is 0 Å². The maximum atomic E-state index is 12.9. The zero-order chi connectivity index (χ0) is 17.0. The van der Waals surface area contributed by atoms with E-state index in [4.69, 9.17) is 0 Å². The van der Waals surface area contributed by atoms with Gasteiger partial charge in [0.25, 0.3) is 5.56 Å². The molecule has 0 fully saturated rings. The summed E-state index contributed by atoms with van der Waals surface area (Å²) in [5.74, 6) is -0.272. The predicted octanol–water partition coefficient (Wildman–Crippen LogP) is 2.67. The van der Waals surface area contributed by atoms with Crippen molar-refractivity contribution in [3.05, 3.63) is 58.4 Å². The molecule has 0 saturated heterocycles. The van der Waals surface area contributed by atoms with Gasteiger partial charge in [-0.25, -0.2) is 0 Å². The highest BCUT2D eigenvalue weighted by Gasteiger charge is 2.32. The van der Waals surface area contributed by atoms with E-state index in [0.717, 1.165) is 6.07 Å². The first-order chi connectivity index (χ1) is 10.8. The van der Waals surface area contributed by atoms with Crippen LogP contribution in [0.15, 0.2) is 47.3 Å². The molecular weight excluding hydrogens is 309 g/mol. The summed E-state index contributed by atoms with van der Waals surface area (Å²) < 4.78 is 40.1. The van der Waals surface area contributed by atoms with Gasteiger partial charge in [0.05, 0.1) is 11.3 Å². The minimum absolute atomic E-state index is 0.0841. The molecule has 122 valence electrons. The first-order valence-electron chi connectivity index (χ1n) is 6.91. The number of nitrogens with zero attached hydrogens (tertiary/aromatic N) is 1. The van der Waals surface area contributed by atoms with Crippen LogP contribution in [0.3, 0.4) is 0 Å². The number of aromatic nitrogens is 1. The smallest absolute Gasteiger partial charge is 0.355 e. The Kier molecular flexibility index (Phi) is 4.88. The third-order valence-electron chi connectivity index (χ3n) is 3.23. The number of benzene rings is 1. The van der Waals surface area contributed by atoms with Crippen LogP contribution in [0.25, 0.3) is 11.3 Å². The van der Waals surface area contributed by atoms with Crippen LogP contribution >= 0.6 is 0 Å². The van der Waals surface area contributed by atoms with Crippen molar-refractivity contribution in [2.45, 2.75) is 19.6 Å². The number of halogens is 3. The van der Waals surface area contributed by atoms with Crippen molar-refractivity contribution >= 4 is 5.91 Å². The highest BCUT2D eigenvalue weighted by Crippen LogP contribution is 2.31. The summed E-state index contributed by atoms with van der Waals surface area (Å²) in [5.41, 5.74) is -1.09. The van der Waals surface area contributed by atoms with Crippen molar-refractivity contribution in [1.29, 1.82) is 0 Å². The Morgan fingerprint density at radius 3 is 2.39 bits per heavy atom. The molecule has 0 atom stereocenters. The van der Waals surface area contributed by atoms with Gasteiger partial charge in [0, 0.05) is 26.1 Å². The van der Waals surface area contributed by atoms with E-state index in [1.54, 1.807) is 30.3 Å². The SMILES string of the molecule is CC(=O)NCCn1c(-c2ccccc2)cc(C(F)(F)F)cc1=O. The zero-order valence-corrected chi connectivity index (χ0v) is 12.4. The lowest BCUT2D eigenvalue weighted by atomic mass is 10.1. The van der Waals surface area contributed by atoms with Gasteiger partial charge < -0.3 is 9.88 Å². The number of carbonyl (C=O) groups excluding carboxylic acids is 1. The Balaban J connectivity index is 2.51. The van der Waals surface area contributed by atoms with Crippen molar-refractivity contribution in [3.63, 3.8) is 0 Å². The second-order valence-corrected chi connectivity index (χ2v) is 4.97. The zero-order valence-electron chi connectivity index (χ0n) is 12.4. The summed E-state index contributed by atoms with van der Waals surface area (Å²) in [6.45, 7) is 1.56. The highest BCUT2D eigenvalue weighted by molar-refractivity contribution is 5.72. The molecular formula is C16H15F3N2O2. The Hall–Kier alpha value is -2.57. The van der Waals surface area contributed by atoms with Gasteiger partial charge in [0.1, 0.15) is 0 Å². The largest absolute Gasteiger partial charge is 0.416 e. The molecule has 1 N–H and O–H groups in total. The van der Waals surface area contributed by atoms with E-state index in [-0.39, 0.29) is 24.7 Å². The van der Waals surface area contributed by atoms with Gasteiger partial charge in [-0.15, -0.1) is 0 Å². The second-order valence-electron chi connectivity index (χ2n) is 4.97. The Labute approximate surface area is 130 Å². The van der Waals surface area contributed by atoms with Crippen molar-refractivity contribution in [2.24, 2.45) is 0 Å². The third-order valence-corrected chi connectivity index (χ3v) is 3.23. The number of pyridine rings is 1. The molecule has 0 aliphatic carbocycles. The van der Waals surface area contributed by atoms with Crippen LogP contribution in [-0.4, -0.2) is 17.0 Å². The summed E-state index contributed by atoms with van der Waals surface area (Å²) in [6, 6.07) is 9.87. The lowest BCUT2D eigenvalue weighted by molar-refractivity contribution is -0.137. The lowest BCUT2D eigenvalue weighted by Gasteiger charge is -2.16. The predicted molar refractivity (Wildman–Crippen MR) is 79.8 cm³/mol. The van der Waals surface area contributed by atoms with Crippen molar-refractivity contribution in [3.8, 4) is 11.3 Å². The van der Waals surface area contributed by atoms with E-state index in [2.05, 4.69) is 5.32 Å². The van der Waals surface area contributed by atoms with Crippen LogP contribution < -0.4 is 10.9 Å². The third kappa shape index (κ3) is 4.21. The van der Waals surface area contributed by atoms with Gasteiger partial charge in [-0.1, -0.05) is 30.3 Å². The summed E-state index contributed by atoms with van der Waals surface area (Å²) in [5, 5.41) is 2.52. The molecule has 1 aromatic carbocycles. The number of nitrogens with one attached hydrogen (secondary N) is 1. The molecule has 0 radical (unpaired) electrons. The van der Waals surface area contributed by atoms with Crippen LogP contribution in [-0.2, 0) is 17.5 Å². The van der Waals surface area contributed by atoms with E-state index in [9.17, 15) is 22.8 Å². The summed E-state index contributed by atoms with van der Waals surface area (Å²) in [4.78, 5) is 23.0. The molecule has 7 heteroatoms. The van der Waals surface area contributed by atoms with Crippen LogP contribution in [0.1, 0.15) is 12.5 Å². The minimum Gasteiger partial charge on any atom is -0.355 e. The molecule has 0 aliphatic rings. The van der Waals surface area contributed by atoms with Crippen molar-refractivity contribution in [1.82, 2.24) is 9.88 Å². The monoisotopic (exact) mass is 324 g/mol. The summed E-state index contributed by atoms with van der Waals surface area (Å²) in [6.07, 6.45) is -4.60. The molecule has 1 heterocycles. The van der Waals surface area contributed by atoms with Crippen molar-refractivity contribution in [2.75, 3.05) is 6.54 Å². The molecule has 0 saturated carbocycles. The fraction of sp³-hybridized carbons (Fsp3) is 0.250. The number of carbonyl (C=O) groups is 1. The van der Waals surface area contributed by atoms with Gasteiger partial charge in [-0.2, -0.15) is 13.2 Å². The van der Waals surface area contributed by atoms with Gasteiger partial charge in [0.15, 0.2) is 0 Å². The molecule has 1 amide bonds. The molecule has 0 spiro atoms. The van der Waals surface area contributed by atoms with E-state index in [0.29, 0.717) is 11.6 Å². The van der Waals surface area contributed by atoms with E-state index in [1.165, 1.54) is 11.5 Å².